The molecule has 21 heavy (non-hydrogen) atoms. The molecule has 0 saturated heterocycles. The molecule has 0 radical (unpaired) electrons. The van der Waals surface area contributed by atoms with Crippen LogP contribution in [0.3, 0.4) is 0 Å². The minimum Gasteiger partial charge on any atom is -0.497 e. The second-order valence-electron chi connectivity index (χ2n) is 4.63. The van der Waals surface area contributed by atoms with Crippen LogP contribution in [0.15, 0.2) is 47.6 Å². The number of nitrogens with two attached hydrogens (primary N) is 1. The molecule has 0 aliphatic heterocycles. The van der Waals surface area contributed by atoms with Crippen molar-refractivity contribution in [3.63, 3.8) is 0 Å². The molecule has 3 N–H and O–H groups in total. The van der Waals surface area contributed by atoms with Gasteiger partial charge >= 0.3 is 0 Å². The Labute approximate surface area is 123 Å². The topological polar surface area (TPSA) is 77.1 Å². The Morgan fingerprint density at radius 2 is 2.05 bits per heavy atom. The number of amidine groups is 1. The fourth-order valence-corrected chi connectivity index (χ4v) is 1.95. The predicted molar refractivity (Wildman–Crippen MR) is 81.0 cm³/mol. The molecule has 0 bridgehead atoms. The normalized spacial score (nSPS) is 11.2. The van der Waals surface area contributed by atoms with Crippen molar-refractivity contribution >= 4 is 5.84 Å². The summed E-state index contributed by atoms with van der Waals surface area (Å²) in [5.74, 6) is 1.37. The number of hydrogen-bond acceptors (Lipinski definition) is 4. The van der Waals surface area contributed by atoms with Gasteiger partial charge in [0.15, 0.2) is 5.84 Å². The molecule has 0 aliphatic carbocycles. The maximum atomic E-state index is 8.85. The molecule has 0 saturated carbocycles. The highest BCUT2D eigenvalue weighted by Gasteiger charge is 2.09. The van der Waals surface area contributed by atoms with E-state index in [-0.39, 0.29) is 5.84 Å². The third-order valence-electron chi connectivity index (χ3n) is 3.05. The quantitative estimate of drug-likeness (QED) is 0.383. The molecule has 0 amide bonds. The first-order valence-corrected chi connectivity index (χ1v) is 6.48. The zero-order chi connectivity index (χ0) is 15.2. The number of ether oxygens (including phenoxy) is 2. The number of rotatable bonds is 5. The number of methoxy groups -OCH3 is 1. The standard InChI is InChI=1S/C16H18N2O3/c1-11-6-7-15(14(8-11)16(17)18-19)21-10-12-4-3-5-13(9-12)20-2/h3-9,19H,10H2,1-2H3,(H2,17,18). The molecule has 0 spiro atoms. The summed E-state index contributed by atoms with van der Waals surface area (Å²) >= 11 is 0. The van der Waals surface area contributed by atoms with Gasteiger partial charge in [0.05, 0.1) is 12.7 Å². The summed E-state index contributed by atoms with van der Waals surface area (Å²) in [5, 5.41) is 11.9. The average molecular weight is 286 g/mol. The Bertz CT molecular complexity index is 654. The van der Waals surface area contributed by atoms with Crippen molar-refractivity contribution in [2.75, 3.05) is 7.11 Å². The lowest BCUT2D eigenvalue weighted by Gasteiger charge is -2.12. The number of aryl methyl sites for hydroxylation is 1. The lowest BCUT2D eigenvalue weighted by Crippen LogP contribution is -2.15. The number of oxime groups is 1. The van der Waals surface area contributed by atoms with Gasteiger partial charge in [-0.15, -0.1) is 0 Å². The highest BCUT2D eigenvalue weighted by molar-refractivity contribution is 5.99. The number of nitrogens with zero attached hydrogens (tertiary/aromatic N) is 1. The summed E-state index contributed by atoms with van der Waals surface area (Å²) in [7, 11) is 1.62. The van der Waals surface area contributed by atoms with E-state index >= 15 is 0 Å². The average Bonchev–Trinajstić information content (AvgIpc) is 2.53. The van der Waals surface area contributed by atoms with Crippen molar-refractivity contribution in [3.8, 4) is 11.5 Å². The van der Waals surface area contributed by atoms with Crippen LogP contribution in [0.25, 0.3) is 0 Å². The van der Waals surface area contributed by atoms with Crippen molar-refractivity contribution in [1.29, 1.82) is 0 Å². The second-order valence-corrected chi connectivity index (χ2v) is 4.63. The summed E-state index contributed by atoms with van der Waals surface area (Å²) in [6.07, 6.45) is 0. The van der Waals surface area contributed by atoms with Crippen molar-refractivity contribution in [3.05, 3.63) is 59.2 Å². The van der Waals surface area contributed by atoms with Gasteiger partial charge in [-0.1, -0.05) is 28.9 Å². The third kappa shape index (κ3) is 3.66. The van der Waals surface area contributed by atoms with Crippen LogP contribution in [0, 0.1) is 6.92 Å². The van der Waals surface area contributed by atoms with E-state index in [9.17, 15) is 0 Å². The van der Waals surface area contributed by atoms with Crippen LogP contribution in [-0.4, -0.2) is 18.2 Å². The van der Waals surface area contributed by atoms with Gasteiger partial charge in [-0.3, -0.25) is 0 Å². The summed E-state index contributed by atoms with van der Waals surface area (Å²) in [4.78, 5) is 0. The van der Waals surface area contributed by atoms with E-state index in [1.165, 1.54) is 0 Å². The Morgan fingerprint density at radius 3 is 2.76 bits per heavy atom. The van der Waals surface area contributed by atoms with Crippen molar-refractivity contribution < 1.29 is 14.7 Å². The van der Waals surface area contributed by atoms with Crippen LogP contribution in [0.2, 0.25) is 0 Å². The lowest BCUT2D eigenvalue weighted by atomic mass is 10.1. The van der Waals surface area contributed by atoms with Gasteiger partial charge in [0.2, 0.25) is 0 Å². The van der Waals surface area contributed by atoms with Gasteiger partial charge < -0.3 is 20.4 Å². The molecule has 5 nitrogen and oxygen atoms in total. The van der Waals surface area contributed by atoms with Crippen LogP contribution in [-0.2, 0) is 6.61 Å². The minimum absolute atomic E-state index is 0.0272. The number of hydrogen-bond donors (Lipinski definition) is 2. The highest BCUT2D eigenvalue weighted by Crippen LogP contribution is 2.22. The van der Waals surface area contributed by atoms with E-state index in [0.717, 1.165) is 16.9 Å². The van der Waals surface area contributed by atoms with E-state index in [2.05, 4.69) is 5.16 Å². The van der Waals surface area contributed by atoms with Crippen LogP contribution < -0.4 is 15.2 Å². The molecule has 0 fully saturated rings. The first kappa shape index (κ1) is 14.7. The van der Waals surface area contributed by atoms with Gasteiger partial charge in [-0.25, -0.2) is 0 Å². The van der Waals surface area contributed by atoms with Crippen molar-refractivity contribution in [2.45, 2.75) is 13.5 Å². The molecule has 5 heteroatoms. The van der Waals surface area contributed by atoms with Crippen LogP contribution in [0.1, 0.15) is 16.7 Å². The van der Waals surface area contributed by atoms with E-state index in [1.807, 2.05) is 49.4 Å². The van der Waals surface area contributed by atoms with Gasteiger partial charge in [0, 0.05) is 0 Å². The highest BCUT2D eigenvalue weighted by atomic mass is 16.5. The van der Waals surface area contributed by atoms with Crippen LogP contribution >= 0.6 is 0 Å². The molecule has 110 valence electrons. The molecule has 0 aromatic heterocycles. The van der Waals surface area contributed by atoms with Gasteiger partial charge in [0.1, 0.15) is 18.1 Å². The molecular formula is C16H18N2O3. The molecule has 0 unspecified atom stereocenters. The summed E-state index contributed by atoms with van der Waals surface area (Å²) in [6.45, 7) is 2.30. The zero-order valence-corrected chi connectivity index (χ0v) is 12.0. The van der Waals surface area contributed by atoms with E-state index in [0.29, 0.717) is 17.9 Å². The molecular weight excluding hydrogens is 268 g/mol. The largest absolute Gasteiger partial charge is 0.497 e. The smallest absolute Gasteiger partial charge is 0.173 e. The zero-order valence-electron chi connectivity index (χ0n) is 12.0. The Hall–Kier alpha value is -2.69. The summed E-state index contributed by atoms with van der Waals surface area (Å²) < 4.78 is 10.9. The Balaban J connectivity index is 2.19. The Morgan fingerprint density at radius 1 is 1.24 bits per heavy atom. The first-order valence-electron chi connectivity index (χ1n) is 6.48. The van der Waals surface area contributed by atoms with E-state index < -0.39 is 0 Å². The fourth-order valence-electron chi connectivity index (χ4n) is 1.95. The van der Waals surface area contributed by atoms with Crippen LogP contribution in [0.5, 0.6) is 11.5 Å². The molecule has 2 rings (SSSR count). The van der Waals surface area contributed by atoms with Crippen molar-refractivity contribution in [1.82, 2.24) is 0 Å². The third-order valence-corrected chi connectivity index (χ3v) is 3.05. The predicted octanol–water partition coefficient (Wildman–Crippen LogP) is 2.68. The first-order chi connectivity index (χ1) is 10.1. The van der Waals surface area contributed by atoms with Crippen molar-refractivity contribution in [2.24, 2.45) is 10.9 Å². The molecule has 0 atom stereocenters. The molecule has 0 aliphatic rings. The van der Waals surface area contributed by atoms with E-state index in [4.69, 9.17) is 20.4 Å². The van der Waals surface area contributed by atoms with Gasteiger partial charge in [-0.2, -0.15) is 0 Å². The van der Waals surface area contributed by atoms with Crippen LogP contribution in [0.4, 0.5) is 0 Å². The maximum Gasteiger partial charge on any atom is 0.173 e. The second kappa shape index (κ2) is 6.65. The Kier molecular flexibility index (Phi) is 4.66. The van der Waals surface area contributed by atoms with E-state index in [1.54, 1.807) is 7.11 Å². The lowest BCUT2D eigenvalue weighted by molar-refractivity contribution is 0.302. The molecule has 0 heterocycles. The summed E-state index contributed by atoms with van der Waals surface area (Å²) in [6, 6.07) is 13.2. The number of benzene rings is 2. The maximum absolute atomic E-state index is 8.85. The SMILES string of the molecule is COc1cccc(COc2ccc(C)cc2/C(N)=N/O)c1. The fraction of sp³-hybridized carbons (Fsp3) is 0.188. The van der Waals surface area contributed by atoms with Gasteiger partial charge in [-0.05, 0) is 36.8 Å². The molecule has 2 aromatic rings. The summed E-state index contributed by atoms with van der Waals surface area (Å²) in [5.41, 5.74) is 8.23. The van der Waals surface area contributed by atoms with Gasteiger partial charge in [0.25, 0.3) is 0 Å². The monoisotopic (exact) mass is 286 g/mol. The molecule has 2 aromatic carbocycles. The minimum atomic E-state index is 0.0272.